The summed E-state index contributed by atoms with van der Waals surface area (Å²) in [6, 6.07) is 9.91. The van der Waals surface area contributed by atoms with Crippen LogP contribution in [0.5, 0.6) is 0 Å². The Bertz CT molecular complexity index is 322. The quantitative estimate of drug-likeness (QED) is 0.317. The van der Waals surface area contributed by atoms with Crippen LogP contribution in [0.25, 0.3) is 0 Å². The SMILES string of the molecule is CN=C(Cc1ccccc1)NC#N. The van der Waals surface area contributed by atoms with E-state index in [1.165, 1.54) is 0 Å². The standard InChI is InChI=1S/C10H11N3/c1-12-10(13-8-11)7-9-5-3-2-4-6-9/h2-6H,7H2,1H3,(H,12,13). The smallest absolute Gasteiger partial charge is 0.182 e. The molecule has 0 spiro atoms. The largest absolute Gasteiger partial charge is 0.280 e. The summed E-state index contributed by atoms with van der Waals surface area (Å²) in [6.07, 6.45) is 2.53. The molecule has 1 aromatic carbocycles. The van der Waals surface area contributed by atoms with E-state index in [9.17, 15) is 0 Å². The lowest BCUT2D eigenvalue weighted by molar-refractivity contribution is 1.14. The van der Waals surface area contributed by atoms with Gasteiger partial charge in [0.15, 0.2) is 6.19 Å². The van der Waals surface area contributed by atoms with Crippen molar-refractivity contribution in [1.82, 2.24) is 5.32 Å². The molecule has 0 fully saturated rings. The van der Waals surface area contributed by atoms with Gasteiger partial charge in [0, 0.05) is 13.5 Å². The Labute approximate surface area is 77.7 Å². The number of amidine groups is 1. The van der Waals surface area contributed by atoms with Crippen LogP contribution in [0.3, 0.4) is 0 Å². The first-order valence-corrected chi connectivity index (χ1v) is 4.01. The summed E-state index contributed by atoms with van der Waals surface area (Å²) >= 11 is 0. The number of aliphatic imine (C=N–C) groups is 1. The van der Waals surface area contributed by atoms with E-state index in [4.69, 9.17) is 5.26 Å². The van der Waals surface area contributed by atoms with Crippen LogP contribution < -0.4 is 5.32 Å². The molecular weight excluding hydrogens is 162 g/mol. The molecule has 3 nitrogen and oxygen atoms in total. The normalized spacial score (nSPS) is 10.6. The molecule has 1 rings (SSSR count). The van der Waals surface area contributed by atoms with E-state index in [2.05, 4.69) is 10.3 Å². The average molecular weight is 173 g/mol. The van der Waals surface area contributed by atoms with E-state index in [-0.39, 0.29) is 0 Å². The maximum absolute atomic E-state index is 8.40. The Kier molecular flexibility index (Phi) is 3.52. The van der Waals surface area contributed by atoms with Crippen molar-refractivity contribution in [3.8, 4) is 6.19 Å². The Morgan fingerprint density at radius 3 is 2.69 bits per heavy atom. The van der Waals surface area contributed by atoms with Gasteiger partial charge in [-0.3, -0.25) is 10.3 Å². The number of hydrogen-bond donors (Lipinski definition) is 1. The highest BCUT2D eigenvalue weighted by atomic mass is 15.0. The van der Waals surface area contributed by atoms with Crippen molar-refractivity contribution in [2.75, 3.05) is 7.05 Å². The number of nitrogens with one attached hydrogen (secondary N) is 1. The van der Waals surface area contributed by atoms with Gasteiger partial charge in [0.25, 0.3) is 0 Å². The molecule has 0 unspecified atom stereocenters. The Hall–Kier alpha value is -1.82. The van der Waals surface area contributed by atoms with Gasteiger partial charge in [-0.1, -0.05) is 30.3 Å². The Balaban J connectivity index is 2.64. The predicted molar refractivity (Wildman–Crippen MR) is 52.3 cm³/mol. The third-order valence-corrected chi connectivity index (χ3v) is 1.68. The first-order valence-electron chi connectivity index (χ1n) is 4.01. The summed E-state index contributed by atoms with van der Waals surface area (Å²) in [5.74, 6) is 0.689. The molecule has 66 valence electrons. The van der Waals surface area contributed by atoms with Crippen molar-refractivity contribution in [2.45, 2.75) is 6.42 Å². The van der Waals surface area contributed by atoms with Crippen LogP contribution in [0.2, 0.25) is 0 Å². The van der Waals surface area contributed by atoms with Crippen LogP contribution in [0.4, 0.5) is 0 Å². The molecule has 0 amide bonds. The molecule has 0 aliphatic heterocycles. The van der Waals surface area contributed by atoms with Gasteiger partial charge in [-0.2, -0.15) is 5.26 Å². The fraction of sp³-hybridized carbons (Fsp3) is 0.200. The van der Waals surface area contributed by atoms with Gasteiger partial charge >= 0.3 is 0 Å². The summed E-state index contributed by atoms with van der Waals surface area (Å²) in [6.45, 7) is 0. The van der Waals surface area contributed by atoms with E-state index in [1.54, 1.807) is 7.05 Å². The number of benzene rings is 1. The van der Waals surface area contributed by atoms with Crippen LogP contribution in [-0.4, -0.2) is 12.9 Å². The third kappa shape index (κ3) is 2.96. The summed E-state index contributed by atoms with van der Waals surface area (Å²) in [4.78, 5) is 3.96. The highest BCUT2D eigenvalue weighted by molar-refractivity contribution is 5.85. The lowest BCUT2D eigenvalue weighted by atomic mass is 10.1. The first-order chi connectivity index (χ1) is 6.36. The highest BCUT2D eigenvalue weighted by Gasteiger charge is 1.97. The maximum atomic E-state index is 8.40. The topological polar surface area (TPSA) is 48.2 Å². The zero-order valence-corrected chi connectivity index (χ0v) is 7.49. The second-order valence-corrected chi connectivity index (χ2v) is 2.57. The minimum atomic E-state index is 0.672. The van der Waals surface area contributed by atoms with Crippen molar-refractivity contribution in [3.63, 3.8) is 0 Å². The van der Waals surface area contributed by atoms with E-state index < -0.39 is 0 Å². The molecule has 3 heteroatoms. The summed E-state index contributed by atoms with van der Waals surface area (Å²) in [5.41, 5.74) is 1.14. The van der Waals surface area contributed by atoms with Gasteiger partial charge in [-0.05, 0) is 5.56 Å². The van der Waals surface area contributed by atoms with Crippen molar-refractivity contribution >= 4 is 5.84 Å². The summed E-state index contributed by atoms with van der Waals surface area (Å²) in [5, 5.41) is 10.9. The molecule has 0 saturated heterocycles. The Morgan fingerprint density at radius 2 is 2.15 bits per heavy atom. The van der Waals surface area contributed by atoms with E-state index in [1.807, 2.05) is 36.5 Å². The molecule has 0 atom stereocenters. The molecule has 13 heavy (non-hydrogen) atoms. The minimum absolute atomic E-state index is 0.672. The van der Waals surface area contributed by atoms with Crippen molar-refractivity contribution in [1.29, 1.82) is 5.26 Å². The molecule has 0 aliphatic rings. The molecule has 0 radical (unpaired) electrons. The van der Waals surface area contributed by atoms with Gasteiger partial charge in [0.05, 0.1) is 0 Å². The first kappa shape index (κ1) is 9.27. The zero-order valence-electron chi connectivity index (χ0n) is 7.49. The van der Waals surface area contributed by atoms with E-state index in [0.717, 1.165) is 5.56 Å². The molecular formula is C10H11N3. The number of rotatable bonds is 2. The van der Waals surface area contributed by atoms with Gasteiger partial charge < -0.3 is 0 Å². The fourth-order valence-corrected chi connectivity index (χ4v) is 1.03. The van der Waals surface area contributed by atoms with Gasteiger partial charge in [0.1, 0.15) is 5.84 Å². The monoisotopic (exact) mass is 173 g/mol. The number of hydrogen-bond acceptors (Lipinski definition) is 2. The molecule has 1 aromatic rings. The minimum Gasteiger partial charge on any atom is -0.280 e. The average Bonchev–Trinajstić information content (AvgIpc) is 2.19. The third-order valence-electron chi connectivity index (χ3n) is 1.68. The number of nitriles is 1. The second kappa shape index (κ2) is 4.94. The molecule has 0 bridgehead atoms. The molecule has 0 aromatic heterocycles. The summed E-state index contributed by atoms with van der Waals surface area (Å²) < 4.78 is 0. The lowest BCUT2D eigenvalue weighted by Crippen LogP contribution is -2.19. The maximum Gasteiger partial charge on any atom is 0.182 e. The van der Waals surface area contributed by atoms with Gasteiger partial charge in [0.2, 0.25) is 0 Å². The van der Waals surface area contributed by atoms with Gasteiger partial charge in [-0.25, -0.2) is 0 Å². The van der Waals surface area contributed by atoms with Crippen LogP contribution in [0.1, 0.15) is 5.56 Å². The lowest BCUT2D eigenvalue weighted by Gasteiger charge is -2.01. The molecule has 0 saturated carbocycles. The summed E-state index contributed by atoms with van der Waals surface area (Å²) in [7, 11) is 1.67. The van der Waals surface area contributed by atoms with Crippen LogP contribution in [-0.2, 0) is 6.42 Å². The van der Waals surface area contributed by atoms with Crippen molar-refractivity contribution < 1.29 is 0 Å². The van der Waals surface area contributed by atoms with E-state index >= 15 is 0 Å². The molecule has 1 N–H and O–H groups in total. The predicted octanol–water partition coefficient (Wildman–Crippen LogP) is 1.33. The van der Waals surface area contributed by atoms with Crippen molar-refractivity contribution in [3.05, 3.63) is 35.9 Å². The second-order valence-electron chi connectivity index (χ2n) is 2.57. The Morgan fingerprint density at radius 1 is 1.46 bits per heavy atom. The van der Waals surface area contributed by atoms with Crippen LogP contribution in [0, 0.1) is 11.5 Å². The fourth-order valence-electron chi connectivity index (χ4n) is 1.03. The zero-order chi connectivity index (χ0) is 9.52. The number of nitrogens with zero attached hydrogens (tertiary/aromatic N) is 2. The molecule has 0 heterocycles. The molecule has 0 aliphatic carbocycles. The van der Waals surface area contributed by atoms with E-state index in [0.29, 0.717) is 12.3 Å². The van der Waals surface area contributed by atoms with Crippen molar-refractivity contribution in [2.24, 2.45) is 4.99 Å². The van der Waals surface area contributed by atoms with Gasteiger partial charge in [-0.15, -0.1) is 0 Å². The highest BCUT2D eigenvalue weighted by Crippen LogP contribution is 1.99. The van der Waals surface area contributed by atoms with Crippen LogP contribution >= 0.6 is 0 Å². The van der Waals surface area contributed by atoms with Crippen LogP contribution in [0.15, 0.2) is 35.3 Å².